The summed E-state index contributed by atoms with van der Waals surface area (Å²) in [7, 11) is 2.93. The lowest BCUT2D eigenvalue weighted by Gasteiger charge is -2.14. The highest BCUT2D eigenvalue weighted by atomic mass is 19.1. The zero-order valence-corrected chi connectivity index (χ0v) is 13.5. The van der Waals surface area contributed by atoms with Gasteiger partial charge in [-0.1, -0.05) is 6.07 Å². The van der Waals surface area contributed by atoms with Crippen molar-refractivity contribution < 1.29 is 19.0 Å². The Morgan fingerprint density at radius 2 is 1.88 bits per heavy atom. The van der Waals surface area contributed by atoms with Crippen LogP contribution in [0.2, 0.25) is 0 Å². The Balaban J connectivity index is 2.17. The van der Waals surface area contributed by atoms with E-state index in [4.69, 9.17) is 4.74 Å². The molecule has 7 heteroatoms. The number of ether oxygens (including phenoxy) is 1. The number of aromatic nitrogens is 1. The highest BCUT2D eigenvalue weighted by Gasteiger charge is 2.23. The van der Waals surface area contributed by atoms with Crippen molar-refractivity contribution in [2.45, 2.75) is 0 Å². The second-order valence-electron chi connectivity index (χ2n) is 5.40. The number of fused-ring (bicyclic) bond motifs is 1. The number of hydrogen-bond donors (Lipinski definition) is 2. The zero-order valence-electron chi connectivity index (χ0n) is 13.5. The molecule has 6 nitrogen and oxygen atoms in total. The monoisotopic (exact) mass is 342 g/mol. The van der Waals surface area contributed by atoms with Crippen LogP contribution in [-0.4, -0.2) is 22.7 Å². The van der Waals surface area contributed by atoms with Crippen LogP contribution in [0.1, 0.15) is 10.4 Å². The number of carbonyl (C=O) groups is 1. The van der Waals surface area contributed by atoms with E-state index in [1.165, 1.54) is 43.0 Å². The number of halogens is 1. The predicted molar refractivity (Wildman–Crippen MR) is 91.8 cm³/mol. The Morgan fingerprint density at radius 1 is 1.20 bits per heavy atom. The van der Waals surface area contributed by atoms with Crippen LogP contribution in [0.15, 0.2) is 47.3 Å². The first-order valence-corrected chi connectivity index (χ1v) is 7.39. The Hall–Kier alpha value is -3.35. The maximum Gasteiger partial charge on any atom is 0.267 e. The molecule has 0 fully saturated rings. The third kappa shape index (κ3) is 2.80. The van der Waals surface area contributed by atoms with E-state index in [0.717, 1.165) is 0 Å². The van der Waals surface area contributed by atoms with E-state index in [9.17, 15) is 19.1 Å². The molecule has 0 atom stereocenters. The van der Waals surface area contributed by atoms with Crippen molar-refractivity contribution in [3.05, 3.63) is 64.2 Å². The van der Waals surface area contributed by atoms with E-state index in [-0.39, 0.29) is 5.39 Å². The summed E-state index contributed by atoms with van der Waals surface area (Å²) in [6, 6.07) is 10.0. The highest BCUT2D eigenvalue weighted by Crippen LogP contribution is 2.34. The van der Waals surface area contributed by atoms with Gasteiger partial charge in [0, 0.05) is 12.7 Å². The molecule has 0 saturated heterocycles. The number of nitrogens with zero attached hydrogens (tertiary/aromatic N) is 1. The van der Waals surface area contributed by atoms with E-state index >= 15 is 0 Å². The summed E-state index contributed by atoms with van der Waals surface area (Å²) in [5.41, 5.74) is -0.338. The number of methoxy groups -OCH3 is 1. The van der Waals surface area contributed by atoms with Crippen LogP contribution >= 0.6 is 0 Å². The molecule has 2 N–H and O–H groups in total. The second-order valence-corrected chi connectivity index (χ2v) is 5.40. The molecule has 0 radical (unpaired) electrons. The van der Waals surface area contributed by atoms with Gasteiger partial charge in [-0.25, -0.2) is 4.39 Å². The Labute approximate surface area is 142 Å². The van der Waals surface area contributed by atoms with Crippen molar-refractivity contribution in [2.75, 3.05) is 12.4 Å². The number of rotatable bonds is 3. The number of pyridine rings is 1. The maximum atomic E-state index is 13.0. The SMILES string of the molecule is COc1cccc2c1c(O)c(C(=O)Nc1ccc(F)cc1)c(=O)n2C. The zero-order chi connectivity index (χ0) is 18.1. The minimum Gasteiger partial charge on any atom is -0.506 e. The van der Waals surface area contributed by atoms with Crippen LogP contribution < -0.4 is 15.6 Å². The summed E-state index contributed by atoms with van der Waals surface area (Å²) in [4.78, 5) is 25.0. The van der Waals surface area contributed by atoms with Crippen molar-refractivity contribution in [1.29, 1.82) is 0 Å². The van der Waals surface area contributed by atoms with Gasteiger partial charge >= 0.3 is 0 Å². The molecule has 0 unspecified atom stereocenters. The average Bonchev–Trinajstić information content (AvgIpc) is 2.61. The Kier molecular flexibility index (Phi) is 4.14. The fraction of sp³-hybridized carbons (Fsp3) is 0.111. The van der Waals surface area contributed by atoms with Gasteiger partial charge in [0.15, 0.2) is 0 Å². The molecule has 0 saturated carbocycles. The van der Waals surface area contributed by atoms with E-state index in [1.54, 1.807) is 18.2 Å². The first-order chi connectivity index (χ1) is 11.9. The molecule has 0 aliphatic heterocycles. The van der Waals surface area contributed by atoms with Crippen molar-refractivity contribution in [1.82, 2.24) is 4.57 Å². The van der Waals surface area contributed by atoms with Crippen LogP contribution in [0.25, 0.3) is 10.9 Å². The van der Waals surface area contributed by atoms with Gasteiger partial charge < -0.3 is 19.7 Å². The van der Waals surface area contributed by atoms with Crippen LogP contribution in [0, 0.1) is 5.82 Å². The molecular weight excluding hydrogens is 327 g/mol. The van der Waals surface area contributed by atoms with E-state index < -0.39 is 28.6 Å². The molecule has 25 heavy (non-hydrogen) atoms. The molecule has 0 aliphatic carbocycles. The van der Waals surface area contributed by atoms with Gasteiger partial charge in [0.05, 0.1) is 18.0 Å². The number of carbonyl (C=O) groups excluding carboxylic acids is 1. The molecule has 3 aromatic rings. The maximum absolute atomic E-state index is 13.0. The number of hydrogen-bond acceptors (Lipinski definition) is 4. The number of aromatic hydroxyl groups is 1. The topological polar surface area (TPSA) is 80.6 Å². The van der Waals surface area contributed by atoms with Gasteiger partial charge in [-0.05, 0) is 36.4 Å². The summed E-state index contributed by atoms with van der Waals surface area (Å²) in [6.07, 6.45) is 0. The van der Waals surface area contributed by atoms with Gasteiger partial charge in [-0.3, -0.25) is 9.59 Å². The molecule has 3 rings (SSSR count). The summed E-state index contributed by atoms with van der Waals surface area (Å²) in [5, 5.41) is 13.3. The van der Waals surface area contributed by atoms with Crippen molar-refractivity contribution in [2.24, 2.45) is 7.05 Å². The molecule has 1 amide bonds. The third-order valence-corrected chi connectivity index (χ3v) is 3.91. The van der Waals surface area contributed by atoms with Crippen LogP contribution in [0.3, 0.4) is 0 Å². The number of nitrogens with one attached hydrogen (secondary N) is 1. The van der Waals surface area contributed by atoms with Crippen molar-refractivity contribution >= 4 is 22.5 Å². The number of benzene rings is 2. The van der Waals surface area contributed by atoms with Crippen LogP contribution in [0.4, 0.5) is 10.1 Å². The second kappa shape index (κ2) is 6.27. The van der Waals surface area contributed by atoms with Crippen molar-refractivity contribution in [3.8, 4) is 11.5 Å². The summed E-state index contributed by atoms with van der Waals surface area (Å²) < 4.78 is 19.4. The molecule has 1 heterocycles. The molecule has 0 spiro atoms. The minimum atomic E-state index is -0.794. The van der Waals surface area contributed by atoms with Crippen LogP contribution in [-0.2, 0) is 7.05 Å². The van der Waals surface area contributed by atoms with E-state index in [0.29, 0.717) is 17.0 Å². The Morgan fingerprint density at radius 3 is 2.52 bits per heavy atom. The summed E-state index contributed by atoms with van der Waals surface area (Å²) in [5.74, 6) is -1.37. The van der Waals surface area contributed by atoms with Crippen molar-refractivity contribution in [3.63, 3.8) is 0 Å². The normalized spacial score (nSPS) is 10.7. The third-order valence-electron chi connectivity index (χ3n) is 3.91. The predicted octanol–water partition coefficient (Wildman–Crippen LogP) is 2.64. The van der Waals surface area contributed by atoms with E-state index in [2.05, 4.69) is 5.32 Å². The number of amides is 1. The molecule has 1 aromatic heterocycles. The fourth-order valence-corrected chi connectivity index (χ4v) is 2.64. The summed E-state index contributed by atoms with van der Waals surface area (Å²) >= 11 is 0. The lowest BCUT2D eigenvalue weighted by molar-refractivity contribution is 0.102. The average molecular weight is 342 g/mol. The quantitative estimate of drug-likeness (QED) is 0.767. The standard InChI is InChI=1S/C18H15FN2O4/c1-21-12-4-3-5-13(25-2)14(12)16(22)15(18(21)24)17(23)20-11-8-6-10(19)7-9-11/h3-9,22H,1-2H3,(H,20,23). The molecule has 128 valence electrons. The fourth-order valence-electron chi connectivity index (χ4n) is 2.64. The largest absolute Gasteiger partial charge is 0.506 e. The number of aryl methyl sites for hydroxylation is 1. The molecule has 0 bridgehead atoms. The van der Waals surface area contributed by atoms with Gasteiger partial charge in [-0.15, -0.1) is 0 Å². The summed E-state index contributed by atoms with van der Waals surface area (Å²) in [6.45, 7) is 0. The first-order valence-electron chi connectivity index (χ1n) is 7.39. The van der Waals surface area contributed by atoms with Gasteiger partial charge in [0.25, 0.3) is 11.5 Å². The minimum absolute atomic E-state index is 0.261. The van der Waals surface area contributed by atoms with Crippen LogP contribution in [0.5, 0.6) is 11.5 Å². The van der Waals surface area contributed by atoms with Gasteiger partial charge in [0.1, 0.15) is 22.9 Å². The number of anilines is 1. The van der Waals surface area contributed by atoms with Gasteiger partial charge in [-0.2, -0.15) is 0 Å². The van der Waals surface area contributed by atoms with Gasteiger partial charge in [0.2, 0.25) is 0 Å². The lowest BCUT2D eigenvalue weighted by Crippen LogP contribution is -2.28. The smallest absolute Gasteiger partial charge is 0.267 e. The Bertz CT molecular complexity index is 1030. The molecular formula is C18H15FN2O4. The first kappa shape index (κ1) is 16.5. The molecule has 2 aromatic carbocycles. The molecule has 0 aliphatic rings. The highest BCUT2D eigenvalue weighted by molar-refractivity contribution is 6.09. The van der Waals surface area contributed by atoms with E-state index in [1.807, 2.05) is 0 Å². The lowest BCUT2D eigenvalue weighted by atomic mass is 10.1.